The quantitative estimate of drug-likeness (QED) is 0.0125. The molecule has 0 spiro atoms. The van der Waals surface area contributed by atoms with Crippen molar-refractivity contribution in [1.82, 2.24) is 15.1 Å². The Hall–Kier alpha value is -12.6. The number of nitrogens with two attached hydrogens (primary N) is 3. The van der Waals surface area contributed by atoms with Crippen molar-refractivity contribution in [3.63, 3.8) is 0 Å². The largest absolute Gasteiger partial charge is 0.384 e. The van der Waals surface area contributed by atoms with Crippen molar-refractivity contribution < 1.29 is 22.7 Å². The molecule has 9 aromatic rings. The number of morpholine rings is 1. The number of amidine groups is 3. The van der Waals surface area contributed by atoms with Crippen molar-refractivity contribution >= 4 is 57.5 Å². The Morgan fingerprint density at radius 3 is 1.21 bits per heavy atom. The third kappa shape index (κ3) is 24.0. The summed E-state index contributed by atoms with van der Waals surface area (Å²) in [5, 5.41) is 56.3. The lowest BCUT2D eigenvalue weighted by Gasteiger charge is -2.28. The lowest BCUT2D eigenvalue weighted by atomic mass is 10.1. The molecule has 1 aliphatic rings. The highest BCUT2D eigenvalue weighted by molar-refractivity contribution is 5.96. The van der Waals surface area contributed by atoms with E-state index in [2.05, 4.69) is 76.8 Å². The van der Waals surface area contributed by atoms with E-state index in [0.29, 0.717) is 70.2 Å². The minimum absolute atomic E-state index is 0.00858. The summed E-state index contributed by atoms with van der Waals surface area (Å²) in [7, 11) is 5.64. The summed E-state index contributed by atoms with van der Waals surface area (Å²) in [6, 6.07) is 61.4. The van der Waals surface area contributed by atoms with Crippen molar-refractivity contribution in [2.45, 2.75) is 0 Å². The molecule has 0 saturated carbocycles. The number of para-hydroxylation sites is 3. The number of amides is 1. The predicted octanol–water partition coefficient (Wildman–Crippen LogP) is 12.7. The number of rotatable bonds is 20. The van der Waals surface area contributed by atoms with E-state index in [1.807, 2.05) is 90.7 Å². The molecular weight excluding hydrogens is 1250 g/mol. The van der Waals surface area contributed by atoms with Crippen LogP contribution in [0.5, 0.6) is 0 Å². The van der Waals surface area contributed by atoms with Gasteiger partial charge in [-0.2, -0.15) is 0 Å². The maximum absolute atomic E-state index is 13.2. The standard InChI is InChI=1S/C27H28FN7O.C27H27FN6O.C22H18FN5/c1-34(2)18-17-31-26(36)19-35(33-32-24-15-11-22(12-16-24)27(29)30)25-6-4-3-5-21(25)10-7-20-8-13-23(28)14-9-20;28-24-11-6-21(7-12-24)5-8-22-3-1-2-4-26(22)34(16-15-33-17-19-35-20-18-33)32-31-25-13-9-23(10-14-25)27(29)30;1-28(27-26-20-14-10-18(11-15-20)22(24)25)21-5-3-2-4-17(21)9-6-16-7-12-19(23)13-8-16/h3-6,8-9,11-16H,17-19H2,1-2H3,(H3,29,30)(H,31,36);1-4,6-7,9-14H,15-20H2,(H3,29,30);2-5,7-8,10-15H,1H3,(H3,24,25). The van der Waals surface area contributed by atoms with E-state index in [1.54, 1.807) is 127 Å². The molecule has 0 radical (unpaired) electrons. The molecule has 0 aromatic heterocycles. The molecule has 23 heteroatoms. The van der Waals surface area contributed by atoms with Gasteiger partial charge in [0.05, 0.1) is 70.6 Å². The first-order valence-electron chi connectivity index (χ1n) is 31.1. The lowest BCUT2D eigenvalue weighted by molar-refractivity contribution is -0.119. The molecule has 1 amide bonds. The Morgan fingerprint density at radius 1 is 0.465 bits per heavy atom. The summed E-state index contributed by atoms with van der Waals surface area (Å²) < 4.78 is 44.9. The molecule has 10 rings (SSSR count). The Morgan fingerprint density at radius 2 is 0.818 bits per heavy atom. The average Bonchev–Trinajstić information content (AvgIpc) is 0.984. The van der Waals surface area contributed by atoms with Crippen LogP contribution in [0, 0.1) is 69.2 Å². The predicted molar refractivity (Wildman–Crippen MR) is 384 cm³/mol. The normalized spacial score (nSPS) is 11.7. The molecule has 0 unspecified atom stereocenters. The van der Waals surface area contributed by atoms with Crippen LogP contribution in [0.3, 0.4) is 0 Å². The third-order valence-electron chi connectivity index (χ3n) is 14.4. The summed E-state index contributed by atoms with van der Waals surface area (Å²) in [5.74, 6) is 17.4. The summed E-state index contributed by atoms with van der Waals surface area (Å²) in [6.45, 7) is 5.75. The molecule has 1 aliphatic heterocycles. The zero-order valence-electron chi connectivity index (χ0n) is 54.8. The van der Waals surface area contributed by atoms with E-state index in [9.17, 15) is 18.0 Å². The van der Waals surface area contributed by atoms with Crippen LogP contribution in [0.15, 0.2) is 249 Å². The lowest BCUT2D eigenvalue weighted by Crippen LogP contribution is -2.40. The molecule has 9 aromatic carbocycles. The summed E-state index contributed by atoms with van der Waals surface area (Å²) in [6.07, 6.45) is 0. The molecule has 0 bridgehead atoms. The number of carbonyl (C=O) groups is 1. The van der Waals surface area contributed by atoms with Crippen molar-refractivity contribution in [2.24, 2.45) is 48.2 Å². The zero-order chi connectivity index (χ0) is 70.3. The van der Waals surface area contributed by atoms with Gasteiger partial charge in [-0.3, -0.25) is 25.9 Å². The summed E-state index contributed by atoms with van der Waals surface area (Å²) in [4.78, 5) is 17.0. The molecule has 0 atom stereocenters. The third-order valence-corrected chi connectivity index (χ3v) is 14.4. The van der Waals surface area contributed by atoms with E-state index in [0.717, 1.165) is 66.5 Å². The highest BCUT2D eigenvalue weighted by atomic mass is 19.1. The van der Waals surface area contributed by atoms with Gasteiger partial charge in [0.15, 0.2) is 0 Å². The number of ether oxygens (including phenoxy) is 1. The van der Waals surface area contributed by atoms with Gasteiger partial charge in [0.2, 0.25) is 5.91 Å². The minimum Gasteiger partial charge on any atom is -0.384 e. The van der Waals surface area contributed by atoms with E-state index in [1.165, 1.54) is 41.4 Å². The monoisotopic (exact) mass is 1330 g/mol. The Bertz CT molecular complexity index is 4470. The summed E-state index contributed by atoms with van der Waals surface area (Å²) >= 11 is 0. The fourth-order valence-corrected chi connectivity index (χ4v) is 9.04. The second kappa shape index (κ2) is 37.5. The van der Waals surface area contributed by atoms with E-state index >= 15 is 0 Å². The topological polar surface area (TPSA) is 278 Å². The fraction of sp³-hybridized carbons (Fsp3) is 0.158. The van der Waals surface area contributed by atoms with Gasteiger partial charge in [-0.15, -0.1) is 15.3 Å². The van der Waals surface area contributed by atoms with Crippen molar-refractivity contribution in [3.05, 3.63) is 286 Å². The highest BCUT2D eigenvalue weighted by Crippen LogP contribution is 2.26. The number of nitrogens with one attached hydrogen (secondary N) is 4. The first-order chi connectivity index (χ1) is 47.9. The van der Waals surface area contributed by atoms with Crippen molar-refractivity contribution in [3.8, 4) is 35.5 Å². The van der Waals surface area contributed by atoms with Crippen molar-refractivity contribution in [1.29, 1.82) is 16.2 Å². The molecule has 0 aliphatic carbocycles. The van der Waals surface area contributed by atoms with Gasteiger partial charge in [0, 0.05) is 73.2 Å². The Balaban J connectivity index is 0.000000191. The van der Waals surface area contributed by atoms with Crippen LogP contribution in [0.4, 0.5) is 47.3 Å². The van der Waals surface area contributed by atoms with Gasteiger partial charge in [-0.25, -0.2) is 28.2 Å². The average molecular weight is 1330 g/mol. The second-order valence-electron chi connectivity index (χ2n) is 22.1. The van der Waals surface area contributed by atoms with E-state index < -0.39 is 0 Å². The van der Waals surface area contributed by atoms with Gasteiger partial charge >= 0.3 is 0 Å². The molecule has 99 heavy (non-hydrogen) atoms. The second-order valence-corrected chi connectivity index (χ2v) is 22.1. The first kappa shape index (κ1) is 72.2. The molecule has 1 saturated heterocycles. The highest BCUT2D eigenvalue weighted by Gasteiger charge is 2.17. The smallest absolute Gasteiger partial charge is 0.241 e. The molecular formula is C76H73F3N18O2. The maximum Gasteiger partial charge on any atom is 0.241 e. The first-order valence-corrected chi connectivity index (χ1v) is 31.1. The van der Waals surface area contributed by atoms with Crippen molar-refractivity contribution in [2.75, 3.05) is 95.2 Å². The van der Waals surface area contributed by atoms with Gasteiger partial charge in [0.25, 0.3) is 0 Å². The number of halogens is 3. The number of nitrogens with zero attached hydrogens (tertiary/aromatic N) is 11. The summed E-state index contributed by atoms with van der Waals surface area (Å²) in [5.41, 5.74) is 26.7. The van der Waals surface area contributed by atoms with E-state index in [4.69, 9.17) is 38.2 Å². The Labute approximate surface area is 573 Å². The van der Waals surface area contributed by atoms with Crippen LogP contribution < -0.4 is 37.5 Å². The molecule has 10 N–H and O–H groups in total. The number of carbonyl (C=O) groups excluding carboxylic acids is 1. The molecule has 1 fully saturated rings. The number of benzene rings is 9. The number of anilines is 3. The van der Waals surface area contributed by atoms with Crippen LogP contribution in [-0.4, -0.2) is 113 Å². The van der Waals surface area contributed by atoms with Gasteiger partial charge in [0.1, 0.15) is 41.5 Å². The fourth-order valence-electron chi connectivity index (χ4n) is 9.04. The number of hydrogen-bond donors (Lipinski definition) is 7. The van der Waals surface area contributed by atoms with Gasteiger partial charge in [-0.05, 0) is 196 Å². The molecule has 20 nitrogen and oxygen atoms in total. The SMILES string of the molecule is CN(C)CCNC(=O)CN(N=Nc1ccc(C(=N)N)cc1)c1ccccc1C#Cc1ccc(F)cc1.CN(N=Nc1ccc(C(=N)N)cc1)c1ccccc1C#Cc1ccc(F)cc1.N=C(N)c1ccc(N=NN(CCN2CCOCC2)c2ccccc2C#Cc2ccc(F)cc2)cc1. The van der Waals surface area contributed by atoms with E-state index in [-0.39, 0.29) is 47.4 Å². The molecule has 1 heterocycles. The number of likely N-dealkylation sites (N-methyl/N-ethyl adjacent to an activating group) is 1. The van der Waals surface area contributed by atoms with Gasteiger partial charge in [-0.1, -0.05) is 87.6 Å². The number of nitrogen functional groups attached to an aromatic ring is 3. The Kier molecular flexibility index (Phi) is 27.4. The minimum atomic E-state index is -0.329. The van der Waals surface area contributed by atoms with Gasteiger partial charge < -0.3 is 32.2 Å². The van der Waals surface area contributed by atoms with Crippen LogP contribution in [-0.2, 0) is 9.53 Å². The van der Waals surface area contributed by atoms with Crippen LogP contribution in [0.2, 0.25) is 0 Å². The van der Waals surface area contributed by atoms with Crippen LogP contribution in [0.1, 0.15) is 50.1 Å². The maximum atomic E-state index is 13.2. The molecule has 500 valence electrons. The zero-order valence-corrected chi connectivity index (χ0v) is 54.8. The number of hydrogen-bond acceptors (Lipinski definition) is 13. The van der Waals surface area contributed by atoms with Crippen LogP contribution in [0.25, 0.3) is 0 Å². The van der Waals surface area contributed by atoms with Crippen LogP contribution >= 0.6 is 0 Å².